The number of nitrogens with zero attached hydrogens (tertiary/aromatic N) is 2. The summed E-state index contributed by atoms with van der Waals surface area (Å²) in [5.74, 6) is -0.974. The van der Waals surface area contributed by atoms with Gasteiger partial charge < -0.3 is 4.74 Å². The lowest BCUT2D eigenvalue weighted by Crippen LogP contribution is -2.27. The van der Waals surface area contributed by atoms with E-state index < -0.39 is 28.4 Å². The van der Waals surface area contributed by atoms with Crippen molar-refractivity contribution >= 4 is 21.8 Å². The van der Waals surface area contributed by atoms with Gasteiger partial charge >= 0.3 is 5.97 Å². The van der Waals surface area contributed by atoms with Crippen LogP contribution in [0.4, 0.5) is 0 Å². The zero-order valence-electron chi connectivity index (χ0n) is 15.8. The Balaban J connectivity index is 1.63. The molecule has 0 spiro atoms. The number of H-pyrrole nitrogens is 1. The Labute approximate surface area is 163 Å². The summed E-state index contributed by atoms with van der Waals surface area (Å²) >= 11 is 0. The molecule has 28 heavy (non-hydrogen) atoms. The minimum absolute atomic E-state index is 0.0610. The van der Waals surface area contributed by atoms with Gasteiger partial charge in [-0.1, -0.05) is 13.8 Å². The molecule has 1 saturated heterocycles. The van der Waals surface area contributed by atoms with Crippen LogP contribution in [0.2, 0.25) is 0 Å². The van der Waals surface area contributed by atoms with Gasteiger partial charge in [0.1, 0.15) is 5.56 Å². The van der Waals surface area contributed by atoms with E-state index in [-0.39, 0.29) is 16.4 Å². The minimum atomic E-state index is -3.52. The van der Waals surface area contributed by atoms with Crippen LogP contribution in [0.1, 0.15) is 59.0 Å². The molecular formula is C19H23N3O5S. The first kappa shape index (κ1) is 20.2. The van der Waals surface area contributed by atoms with Crippen molar-refractivity contribution in [2.45, 2.75) is 37.5 Å². The first-order valence-corrected chi connectivity index (χ1v) is 10.6. The highest BCUT2D eigenvalue weighted by atomic mass is 32.2. The smallest absolute Gasteiger partial charge is 0.342 e. The Kier molecular flexibility index (Phi) is 5.95. The molecule has 9 heteroatoms. The topological polar surface area (TPSA) is 109 Å². The van der Waals surface area contributed by atoms with Crippen LogP contribution in [-0.4, -0.2) is 54.4 Å². The van der Waals surface area contributed by atoms with Crippen molar-refractivity contribution < 1.29 is 22.7 Å². The lowest BCUT2D eigenvalue weighted by Gasteiger charge is -2.15. The molecule has 0 unspecified atom stereocenters. The fourth-order valence-electron chi connectivity index (χ4n) is 3.08. The number of sulfonamides is 1. The molecular weight excluding hydrogens is 382 g/mol. The number of hydrogen-bond donors (Lipinski definition) is 1. The van der Waals surface area contributed by atoms with Crippen molar-refractivity contribution in [3.8, 4) is 0 Å². The van der Waals surface area contributed by atoms with Gasteiger partial charge in [-0.2, -0.15) is 9.40 Å². The molecule has 0 aliphatic carbocycles. The van der Waals surface area contributed by atoms with Crippen molar-refractivity contribution in [3.63, 3.8) is 0 Å². The van der Waals surface area contributed by atoms with Gasteiger partial charge in [0.2, 0.25) is 10.0 Å². The molecule has 0 radical (unpaired) electrons. The van der Waals surface area contributed by atoms with Crippen molar-refractivity contribution in [3.05, 3.63) is 47.3 Å². The van der Waals surface area contributed by atoms with E-state index in [1.54, 1.807) is 0 Å². The number of Topliss-reactive ketones (excluding diaryl/α,β-unsaturated/α-hetero) is 1. The number of aromatic amines is 1. The fraction of sp³-hybridized carbons (Fsp3) is 0.421. The zero-order chi connectivity index (χ0) is 20.3. The number of hydrogen-bond acceptors (Lipinski definition) is 6. The van der Waals surface area contributed by atoms with Gasteiger partial charge in [0.25, 0.3) is 0 Å². The Morgan fingerprint density at radius 3 is 2.43 bits per heavy atom. The third kappa shape index (κ3) is 4.15. The number of ketones is 1. The Morgan fingerprint density at radius 2 is 1.82 bits per heavy atom. The van der Waals surface area contributed by atoms with Gasteiger partial charge in [-0.25, -0.2) is 13.2 Å². The molecule has 8 nitrogen and oxygen atoms in total. The summed E-state index contributed by atoms with van der Waals surface area (Å²) in [7, 11) is -3.52. The lowest BCUT2D eigenvalue weighted by atomic mass is 10.1. The number of rotatable bonds is 7. The number of esters is 1. The van der Waals surface area contributed by atoms with Crippen molar-refractivity contribution in [2.75, 3.05) is 19.7 Å². The summed E-state index contributed by atoms with van der Waals surface area (Å²) in [4.78, 5) is 24.6. The molecule has 1 fully saturated rings. The highest BCUT2D eigenvalue weighted by Crippen LogP contribution is 2.21. The summed E-state index contributed by atoms with van der Waals surface area (Å²) in [6.45, 7) is 4.43. The lowest BCUT2D eigenvalue weighted by molar-refractivity contribution is 0.0473. The van der Waals surface area contributed by atoms with Crippen LogP contribution in [-0.2, 0) is 14.8 Å². The van der Waals surface area contributed by atoms with Crippen LogP contribution in [0.15, 0.2) is 35.4 Å². The van der Waals surface area contributed by atoms with Crippen LogP contribution in [0.25, 0.3) is 0 Å². The van der Waals surface area contributed by atoms with Crippen molar-refractivity contribution in [1.82, 2.24) is 14.5 Å². The molecule has 1 aliphatic heterocycles. The summed E-state index contributed by atoms with van der Waals surface area (Å²) in [6, 6.07) is 5.71. The number of nitrogens with one attached hydrogen (secondary N) is 1. The van der Waals surface area contributed by atoms with E-state index in [1.807, 2.05) is 13.8 Å². The van der Waals surface area contributed by atoms with E-state index >= 15 is 0 Å². The highest BCUT2D eigenvalue weighted by Gasteiger charge is 2.27. The monoisotopic (exact) mass is 405 g/mol. The Morgan fingerprint density at radius 1 is 1.18 bits per heavy atom. The van der Waals surface area contributed by atoms with Crippen LogP contribution in [0.3, 0.4) is 0 Å². The van der Waals surface area contributed by atoms with Gasteiger partial charge in [-0.15, -0.1) is 0 Å². The first-order valence-electron chi connectivity index (χ1n) is 9.14. The highest BCUT2D eigenvalue weighted by molar-refractivity contribution is 7.89. The third-order valence-corrected chi connectivity index (χ3v) is 6.59. The summed E-state index contributed by atoms with van der Waals surface area (Å²) in [6.07, 6.45) is 3.09. The molecule has 2 aromatic rings. The van der Waals surface area contributed by atoms with Crippen LogP contribution in [0.5, 0.6) is 0 Å². The molecule has 0 amide bonds. The maximum absolute atomic E-state index is 12.5. The predicted molar refractivity (Wildman–Crippen MR) is 102 cm³/mol. The van der Waals surface area contributed by atoms with Crippen molar-refractivity contribution in [1.29, 1.82) is 0 Å². The molecule has 1 N–H and O–H groups in total. The zero-order valence-corrected chi connectivity index (χ0v) is 16.7. The fourth-order valence-corrected chi connectivity index (χ4v) is 4.60. The molecule has 0 bridgehead atoms. The van der Waals surface area contributed by atoms with E-state index in [0.29, 0.717) is 24.3 Å². The van der Waals surface area contributed by atoms with Gasteiger partial charge in [0, 0.05) is 18.7 Å². The average molecular weight is 405 g/mol. The first-order chi connectivity index (χ1) is 13.3. The molecule has 150 valence electrons. The molecule has 0 atom stereocenters. The molecule has 1 aliphatic rings. The molecule has 0 saturated carbocycles. The number of aromatic nitrogens is 2. The second kappa shape index (κ2) is 8.24. The summed E-state index contributed by atoms with van der Waals surface area (Å²) in [5.41, 5.74) is 1.23. The van der Waals surface area contributed by atoms with Gasteiger partial charge in [-0.05, 0) is 43.0 Å². The average Bonchev–Trinajstić information content (AvgIpc) is 3.38. The Hall–Kier alpha value is -2.52. The molecule has 2 heterocycles. The number of benzene rings is 1. The second-order valence-electron chi connectivity index (χ2n) is 6.99. The molecule has 3 rings (SSSR count). The van der Waals surface area contributed by atoms with E-state index in [0.717, 1.165) is 12.8 Å². The standard InChI is InChI=1S/C19H23N3O5S/c1-13(2)18-16(11-20-21-18)19(24)27-12-17(23)14-5-7-15(8-6-14)28(25,26)22-9-3-4-10-22/h5-8,11,13H,3-4,9-10,12H2,1-2H3,(H,20,21). The summed E-state index contributed by atoms with van der Waals surface area (Å²) < 4.78 is 31.6. The SMILES string of the molecule is CC(C)c1[nH]ncc1C(=O)OCC(=O)c1ccc(S(=O)(=O)N2CCCC2)cc1. The van der Waals surface area contributed by atoms with E-state index in [9.17, 15) is 18.0 Å². The predicted octanol–water partition coefficient (Wildman–Crippen LogP) is 2.36. The number of carbonyl (C=O) groups is 2. The Bertz CT molecular complexity index is 958. The van der Waals surface area contributed by atoms with Gasteiger partial charge in [-0.3, -0.25) is 9.89 Å². The molecule has 1 aromatic carbocycles. The van der Waals surface area contributed by atoms with Gasteiger partial charge in [0.05, 0.1) is 16.8 Å². The largest absolute Gasteiger partial charge is 0.454 e. The summed E-state index contributed by atoms with van der Waals surface area (Å²) in [5, 5.41) is 6.60. The minimum Gasteiger partial charge on any atom is -0.454 e. The van der Waals surface area contributed by atoms with E-state index in [2.05, 4.69) is 10.2 Å². The van der Waals surface area contributed by atoms with Crippen LogP contribution >= 0.6 is 0 Å². The number of carbonyl (C=O) groups excluding carboxylic acids is 2. The van der Waals surface area contributed by atoms with Crippen LogP contribution < -0.4 is 0 Å². The van der Waals surface area contributed by atoms with Gasteiger partial charge in [0.15, 0.2) is 12.4 Å². The maximum Gasteiger partial charge on any atom is 0.342 e. The van der Waals surface area contributed by atoms with Crippen molar-refractivity contribution in [2.24, 2.45) is 0 Å². The van der Waals surface area contributed by atoms with E-state index in [4.69, 9.17) is 4.74 Å². The maximum atomic E-state index is 12.5. The van der Waals surface area contributed by atoms with E-state index in [1.165, 1.54) is 34.8 Å². The third-order valence-electron chi connectivity index (χ3n) is 4.68. The number of ether oxygens (including phenoxy) is 1. The van der Waals surface area contributed by atoms with Crippen LogP contribution in [0, 0.1) is 0 Å². The second-order valence-corrected chi connectivity index (χ2v) is 8.92. The normalized spacial score (nSPS) is 15.1. The quantitative estimate of drug-likeness (QED) is 0.559. The molecule has 1 aromatic heterocycles.